The summed E-state index contributed by atoms with van der Waals surface area (Å²) in [6.45, 7) is 0. The Kier molecular flexibility index (Phi) is 2.86. The number of anilines is 1. The van der Waals surface area contributed by atoms with Crippen molar-refractivity contribution in [3.63, 3.8) is 0 Å². The van der Waals surface area contributed by atoms with Crippen LogP contribution in [-0.2, 0) is 0 Å². The maximum atomic E-state index is 13.5. The first-order chi connectivity index (χ1) is 7.22. The van der Waals surface area contributed by atoms with Crippen molar-refractivity contribution >= 4 is 28.1 Å². The van der Waals surface area contributed by atoms with Crippen molar-refractivity contribution in [3.8, 4) is 11.3 Å². The molecule has 0 saturated carbocycles. The van der Waals surface area contributed by atoms with Crippen LogP contribution in [0.5, 0.6) is 0 Å². The first-order valence-corrected chi connectivity index (χ1v) is 5.34. The Balaban J connectivity index is 2.53. The standard InChI is InChI=1S/C9H7ClFN3S/c10-5-2-1-3-6(11)8(5)7-4-15-9(13-7)14-12/h1-4H,12H2,(H,13,14). The van der Waals surface area contributed by atoms with E-state index in [9.17, 15) is 4.39 Å². The molecule has 3 N–H and O–H groups in total. The highest BCUT2D eigenvalue weighted by atomic mass is 35.5. The molecule has 0 bridgehead atoms. The largest absolute Gasteiger partial charge is 0.300 e. The molecule has 2 rings (SSSR count). The molecule has 0 saturated heterocycles. The smallest absolute Gasteiger partial charge is 0.197 e. The summed E-state index contributed by atoms with van der Waals surface area (Å²) in [5.74, 6) is 4.80. The van der Waals surface area contributed by atoms with Crippen LogP contribution in [0.1, 0.15) is 0 Å². The number of hydrogen-bond donors (Lipinski definition) is 2. The van der Waals surface area contributed by atoms with E-state index >= 15 is 0 Å². The van der Waals surface area contributed by atoms with Gasteiger partial charge in [-0.1, -0.05) is 17.7 Å². The van der Waals surface area contributed by atoms with Crippen molar-refractivity contribution < 1.29 is 4.39 Å². The van der Waals surface area contributed by atoms with Gasteiger partial charge in [-0.05, 0) is 12.1 Å². The number of nitrogens with one attached hydrogen (secondary N) is 1. The van der Waals surface area contributed by atoms with Gasteiger partial charge in [0.1, 0.15) is 5.82 Å². The molecule has 3 nitrogen and oxygen atoms in total. The number of nitrogen functional groups attached to an aromatic ring is 1. The van der Waals surface area contributed by atoms with Gasteiger partial charge >= 0.3 is 0 Å². The molecule has 0 aliphatic heterocycles. The molecule has 15 heavy (non-hydrogen) atoms. The molecule has 0 aliphatic rings. The van der Waals surface area contributed by atoms with E-state index in [0.29, 0.717) is 21.4 Å². The van der Waals surface area contributed by atoms with Gasteiger partial charge in [-0.15, -0.1) is 11.3 Å². The highest BCUT2D eigenvalue weighted by molar-refractivity contribution is 7.14. The van der Waals surface area contributed by atoms with Gasteiger partial charge in [-0.25, -0.2) is 15.2 Å². The minimum atomic E-state index is -0.392. The van der Waals surface area contributed by atoms with Crippen molar-refractivity contribution in [1.29, 1.82) is 0 Å². The number of hydrazine groups is 1. The fourth-order valence-corrected chi connectivity index (χ4v) is 2.07. The summed E-state index contributed by atoms with van der Waals surface area (Å²) in [6, 6.07) is 4.51. The van der Waals surface area contributed by atoms with Crippen LogP contribution in [0.25, 0.3) is 11.3 Å². The van der Waals surface area contributed by atoms with Gasteiger partial charge in [0.2, 0.25) is 0 Å². The Hall–Kier alpha value is -1.17. The highest BCUT2D eigenvalue weighted by Gasteiger charge is 2.12. The summed E-state index contributed by atoms with van der Waals surface area (Å²) in [4.78, 5) is 4.08. The van der Waals surface area contributed by atoms with E-state index in [1.807, 2.05) is 0 Å². The molecular formula is C9H7ClFN3S. The monoisotopic (exact) mass is 243 g/mol. The maximum Gasteiger partial charge on any atom is 0.197 e. The quantitative estimate of drug-likeness (QED) is 0.630. The van der Waals surface area contributed by atoms with Crippen molar-refractivity contribution in [2.45, 2.75) is 0 Å². The van der Waals surface area contributed by atoms with Gasteiger partial charge < -0.3 is 0 Å². The van der Waals surface area contributed by atoms with E-state index in [2.05, 4.69) is 10.4 Å². The molecule has 0 spiro atoms. The van der Waals surface area contributed by atoms with Crippen molar-refractivity contribution in [2.24, 2.45) is 5.84 Å². The number of nitrogens with two attached hydrogens (primary N) is 1. The Labute approximate surface area is 94.7 Å². The van der Waals surface area contributed by atoms with Gasteiger partial charge in [-0.3, -0.25) is 5.43 Å². The molecule has 78 valence electrons. The Morgan fingerprint density at radius 3 is 2.87 bits per heavy atom. The minimum absolute atomic E-state index is 0.303. The summed E-state index contributed by atoms with van der Waals surface area (Å²) >= 11 is 7.18. The van der Waals surface area contributed by atoms with Crippen molar-refractivity contribution in [1.82, 2.24) is 4.98 Å². The number of thiazole rings is 1. The van der Waals surface area contributed by atoms with Gasteiger partial charge in [-0.2, -0.15) is 0 Å². The Morgan fingerprint density at radius 2 is 2.27 bits per heavy atom. The molecule has 0 amide bonds. The summed E-state index contributed by atoms with van der Waals surface area (Å²) in [5.41, 5.74) is 3.18. The summed E-state index contributed by atoms with van der Waals surface area (Å²) in [5, 5.41) is 2.55. The number of rotatable bonds is 2. The van der Waals surface area contributed by atoms with Crippen molar-refractivity contribution in [3.05, 3.63) is 34.4 Å². The molecule has 0 atom stereocenters. The van der Waals surface area contributed by atoms with Crippen molar-refractivity contribution in [2.75, 3.05) is 5.43 Å². The third kappa shape index (κ3) is 1.94. The normalized spacial score (nSPS) is 10.3. The Morgan fingerprint density at radius 1 is 1.47 bits per heavy atom. The fraction of sp³-hybridized carbons (Fsp3) is 0. The molecule has 0 unspecified atom stereocenters. The zero-order valence-electron chi connectivity index (χ0n) is 7.50. The third-order valence-corrected chi connectivity index (χ3v) is 2.94. The zero-order chi connectivity index (χ0) is 10.8. The fourth-order valence-electron chi connectivity index (χ4n) is 1.20. The SMILES string of the molecule is NNc1nc(-c2c(F)cccc2Cl)cs1. The third-order valence-electron chi connectivity index (χ3n) is 1.85. The predicted octanol–water partition coefficient (Wildman–Crippen LogP) is 2.89. The van der Waals surface area contributed by atoms with E-state index in [1.165, 1.54) is 17.4 Å². The second kappa shape index (κ2) is 4.14. The maximum absolute atomic E-state index is 13.5. The molecule has 1 aromatic carbocycles. The number of nitrogens with zero attached hydrogens (tertiary/aromatic N) is 1. The van der Waals surface area contributed by atoms with Crippen LogP contribution < -0.4 is 11.3 Å². The lowest BCUT2D eigenvalue weighted by Gasteiger charge is -2.01. The number of aromatic nitrogens is 1. The second-order valence-electron chi connectivity index (χ2n) is 2.78. The van der Waals surface area contributed by atoms with Crippen LogP contribution in [0.2, 0.25) is 5.02 Å². The molecule has 0 radical (unpaired) electrons. The zero-order valence-corrected chi connectivity index (χ0v) is 9.07. The van der Waals surface area contributed by atoms with E-state index in [0.717, 1.165) is 0 Å². The molecule has 1 aromatic heterocycles. The number of hydrogen-bond acceptors (Lipinski definition) is 4. The Bertz CT molecular complexity index is 466. The number of halogens is 2. The predicted molar refractivity (Wildman–Crippen MR) is 60.3 cm³/mol. The van der Waals surface area contributed by atoms with Crippen LogP contribution in [0.4, 0.5) is 9.52 Å². The lowest BCUT2D eigenvalue weighted by atomic mass is 10.1. The molecule has 0 aliphatic carbocycles. The highest BCUT2D eigenvalue weighted by Crippen LogP contribution is 2.32. The molecule has 1 heterocycles. The molecule has 0 fully saturated rings. The van der Waals surface area contributed by atoms with E-state index in [-0.39, 0.29) is 0 Å². The topological polar surface area (TPSA) is 50.9 Å². The van der Waals surface area contributed by atoms with Gasteiger partial charge in [0, 0.05) is 5.38 Å². The summed E-state index contributed by atoms with van der Waals surface area (Å²) < 4.78 is 13.5. The van der Waals surface area contributed by atoms with Crippen LogP contribution in [0.15, 0.2) is 23.6 Å². The van der Waals surface area contributed by atoms with E-state index < -0.39 is 5.82 Å². The average molecular weight is 244 g/mol. The summed E-state index contributed by atoms with van der Waals surface area (Å²) in [6.07, 6.45) is 0. The van der Waals surface area contributed by atoms with Crippen LogP contribution in [0.3, 0.4) is 0 Å². The van der Waals surface area contributed by atoms with E-state index in [4.69, 9.17) is 17.4 Å². The first kappa shape index (κ1) is 10.4. The van der Waals surface area contributed by atoms with Gasteiger partial charge in [0.15, 0.2) is 5.13 Å². The van der Waals surface area contributed by atoms with Crippen LogP contribution in [-0.4, -0.2) is 4.98 Å². The lowest BCUT2D eigenvalue weighted by Crippen LogP contribution is -2.05. The van der Waals surface area contributed by atoms with Gasteiger partial charge in [0.05, 0.1) is 16.3 Å². The second-order valence-corrected chi connectivity index (χ2v) is 4.04. The summed E-state index contributed by atoms with van der Waals surface area (Å²) in [7, 11) is 0. The van der Waals surface area contributed by atoms with Gasteiger partial charge in [0.25, 0.3) is 0 Å². The minimum Gasteiger partial charge on any atom is -0.300 e. The lowest BCUT2D eigenvalue weighted by molar-refractivity contribution is 0.631. The first-order valence-electron chi connectivity index (χ1n) is 4.09. The molecule has 6 heteroatoms. The van der Waals surface area contributed by atoms with Crippen LogP contribution >= 0.6 is 22.9 Å². The number of benzene rings is 1. The molecule has 2 aromatic rings. The van der Waals surface area contributed by atoms with Crippen LogP contribution in [0, 0.1) is 5.82 Å². The molecular weight excluding hydrogens is 237 g/mol. The van der Waals surface area contributed by atoms with E-state index in [1.54, 1.807) is 17.5 Å². The average Bonchev–Trinajstić information content (AvgIpc) is 2.66.